The van der Waals surface area contributed by atoms with E-state index in [0.29, 0.717) is 5.41 Å². The number of rotatable bonds is 16. The van der Waals surface area contributed by atoms with Gasteiger partial charge in [0.05, 0.1) is 5.60 Å². The largest absolute Gasteiger partial charge is 0.390 e. The molecule has 0 bridgehead atoms. The lowest BCUT2D eigenvalue weighted by Gasteiger charge is -2.27. The van der Waals surface area contributed by atoms with Crippen LogP contribution in [0.1, 0.15) is 132 Å². The van der Waals surface area contributed by atoms with Gasteiger partial charge in [0.1, 0.15) is 0 Å². The van der Waals surface area contributed by atoms with Crippen LogP contribution in [0.15, 0.2) is 0 Å². The van der Waals surface area contributed by atoms with Gasteiger partial charge in [-0.2, -0.15) is 0 Å². The first kappa shape index (κ1) is 26.0. The molecule has 1 nitrogen and oxygen atoms in total. The van der Waals surface area contributed by atoms with Crippen LogP contribution in [0.3, 0.4) is 0 Å². The van der Waals surface area contributed by atoms with E-state index in [1.54, 1.807) is 0 Å². The van der Waals surface area contributed by atoms with Crippen LogP contribution in [0.4, 0.5) is 0 Å². The molecule has 0 aliphatic carbocycles. The van der Waals surface area contributed by atoms with E-state index in [1.807, 2.05) is 6.92 Å². The van der Waals surface area contributed by atoms with E-state index in [9.17, 15) is 5.11 Å². The van der Waals surface area contributed by atoms with Crippen LogP contribution in [0.2, 0.25) is 0 Å². The zero-order valence-corrected chi connectivity index (χ0v) is 19.7. The molecule has 158 valence electrons. The van der Waals surface area contributed by atoms with E-state index in [0.717, 1.165) is 37.0 Å². The Morgan fingerprint density at radius 2 is 1.19 bits per heavy atom. The van der Waals surface area contributed by atoms with Crippen molar-refractivity contribution >= 4 is 0 Å². The van der Waals surface area contributed by atoms with Gasteiger partial charge in [-0.15, -0.1) is 0 Å². The average Bonchev–Trinajstić information content (AvgIpc) is 2.55. The SMILES string of the molecule is CCC(C)(O)CCCCC(C)(C)CCC(C)CCC(C)CCCC(C)C. The van der Waals surface area contributed by atoms with Gasteiger partial charge in [0.15, 0.2) is 0 Å². The summed E-state index contributed by atoms with van der Waals surface area (Å²) >= 11 is 0. The van der Waals surface area contributed by atoms with E-state index in [-0.39, 0.29) is 0 Å². The van der Waals surface area contributed by atoms with Gasteiger partial charge in [-0.05, 0) is 55.8 Å². The second-order valence-corrected chi connectivity index (χ2v) is 10.9. The van der Waals surface area contributed by atoms with E-state index in [2.05, 4.69) is 48.5 Å². The standard InChI is InChI=1S/C25H52O/c1-9-25(8,26)19-11-10-18-24(6,7)20-17-23(5)16-15-22(4)14-12-13-21(2)3/h21-23,26H,9-20H2,1-8H3. The molecule has 0 saturated carbocycles. The summed E-state index contributed by atoms with van der Waals surface area (Å²) in [4.78, 5) is 0. The fourth-order valence-electron chi connectivity index (χ4n) is 3.78. The van der Waals surface area contributed by atoms with Crippen LogP contribution in [0.5, 0.6) is 0 Å². The summed E-state index contributed by atoms with van der Waals surface area (Å²) in [6.07, 6.45) is 15.3. The zero-order chi connectivity index (χ0) is 20.2. The minimum absolute atomic E-state index is 0.454. The zero-order valence-electron chi connectivity index (χ0n) is 19.7. The predicted octanol–water partition coefficient (Wildman–Crippen LogP) is 8.39. The molecule has 0 amide bonds. The Kier molecular flexibility index (Phi) is 13.2. The first-order valence-electron chi connectivity index (χ1n) is 11.7. The van der Waals surface area contributed by atoms with Gasteiger partial charge < -0.3 is 5.11 Å². The maximum Gasteiger partial charge on any atom is 0.0617 e. The minimum Gasteiger partial charge on any atom is -0.390 e. The van der Waals surface area contributed by atoms with Crippen molar-refractivity contribution in [2.75, 3.05) is 0 Å². The molecule has 0 radical (unpaired) electrons. The fourth-order valence-corrected chi connectivity index (χ4v) is 3.78. The molecular formula is C25H52O. The molecular weight excluding hydrogens is 316 g/mol. The highest BCUT2D eigenvalue weighted by Crippen LogP contribution is 2.33. The molecule has 0 saturated heterocycles. The third-order valence-electron chi connectivity index (χ3n) is 6.53. The topological polar surface area (TPSA) is 20.2 Å². The highest BCUT2D eigenvalue weighted by Gasteiger charge is 2.21. The van der Waals surface area contributed by atoms with Crippen LogP contribution in [-0.4, -0.2) is 10.7 Å². The second-order valence-electron chi connectivity index (χ2n) is 10.9. The molecule has 0 aromatic carbocycles. The summed E-state index contributed by atoms with van der Waals surface area (Å²) in [7, 11) is 0. The normalized spacial score (nSPS) is 17.3. The molecule has 0 aliphatic rings. The highest BCUT2D eigenvalue weighted by molar-refractivity contribution is 4.74. The van der Waals surface area contributed by atoms with E-state index < -0.39 is 5.60 Å². The van der Waals surface area contributed by atoms with Crippen LogP contribution >= 0.6 is 0 Å². The molecule has 1 N–H and O–H groups in total. The Bertz CT molecular complexity index is 329. The molecule has 0 heterocycles. The maximum atomic E-state index is 10.1. The molecule has 0 aromatic rings. The molecule has 0 spiro atoms. The Hall–Kier alpha value is -0.0400. The Balaban J connectivity index is 3.85. The van der Waals surface area contributed by atoms with Gasteiger partial charge in [0, 0.05) is 0 Å². The number of hydrogen-bond acceptors (Lipinski definition) is 1. The first-order chi connectivity index (χ1) is 12.0. The van der Waals surface area contributed by atoms with Crippen molar-refractivity contribution in [1.82, 2.24) is 0 Å². The lowest BCUT2D eigenvalue weighted by atomic mass is 9.79. The van der Waals surface area contributed by atoms with Gasteiger partial charge in [0.25, 0.3) is 0 Å². The maximum absolute atomic E-state index is 10.1. The van der Waals surface area contributed by atoms with E-state index in [1.165, 1.54) is 57.8 Å². The monoisotopic (exact) mass is 368 g/mol. The quantitative estimate of drug-likeness (QED) is 0.271. The van der Waals surface area contributed by atoms with Crippen molar-refractivity contribution in [2.24, 2.45) is 23.2 Å². The van der Waals surface area contributed by atoms with Crippen LogP contribution in [-0.2, 0) is 0 Å². The summed E-state index contributed by atoms with van der Waals surface area (Å²) in [6, 6.07) is 0. The molecule has 0 aromatic heterocycles. The number of hydrogen-bond donors (Lipinski definition) is 1. The first-order valence-corrected chi connectivity index (χ1v) is 11.7. The molecule has 0 aliphatic heterocycles. The summed E-state index contributed by atoms with van der Waals surface area (Å²) in [5, 5.41) is 10.1. The predicted molar refractivity (Wildman–Crippen MR) is 119 cm³/mol. The van der Waals surface area contributed by atoms with Crippen molar-refractivity contribution in [3.8, 4) is 0 Å². The molecule has 3 atom stereocenters. The van der Waals surface area contributed by atoms with Crippen molar-refractivity contribution in [3.63, 3.8) is 0 Å². The molecule has 3 unspecified atom stereocenters. The van der Waals surface area contributed by atoms with Gasteiger partial charge in [-0.25, -0.2) is 0 Å². The Morgan fingerprint density at radius 1 is 0.654 bits per heavy atom. The number of aliphatic hydroxyl groups is 1. The summed E-state index contributed by atoms with van der Waals surface area (Å²) in [5.41, 5.74) is -0.000266. The second kappa shape index (κ2) is 13.2. The van der Waals surface area contributed by atoms with Crippen molar-refractivity contribution in [1.29, 1.82) is 0 Å². The lowest BCUT2D eigenvalue weighted by molar-refractivity contribution is 0.0433. The van der Waals surface area contributed by atoms with Gasteiger partial charge in [-0.1, -0.05) is 99.8 Å². The summed E-state index contributed by atoms with van der Waals surface area (Å²) < 4.78 is 0. The summed E-state index contributed by atoms with van der Waals surface area (Å²) in [6.45, 7) is 18.5. The van der Waals surface area contributed by atoms with Crippen molar-refractivity contribution < 1.29 is 5.11 Å². The molecule has 1 heteroatoms. The third kappa shape index (κ3) is 15.1. The fraction of sp³-hybridized carbons (Fsp3) is 1.00. The van der Waals surface area contributed by atoms with Gasteiger partial charge in [0.2, 0.25) is 0 Å². The molecule has 26 heavy (non-hydrogen) atoms. The lowest BCUT2D eigenvalue weighted by Crippen LogP contribution is -2.22. The number of unbranched alkanes of at least 4 members (excludes halogenated alkanes) is 1. The minimum atomic E-state index is -0.454. The van der Waals surface area contributed by atoms with Gasteiger partial charge in [-0.3, -0.25) is 0 Å². The highest BCUT2D eigenvalue weighted by atomic mass is 16.3. The Morgan fingerprint density at radius 3 is 1.73 bits per heavy atom. The van der Waals surface area contributed by atoms with Gasteiger partial charge >= 0.3 is 0 Å². The summed E-state index contributed by atoms with van der Waals surface area (Å²) in [5.74, 6) is 2.62. The Labute approximate surface area is 166 Å². The van der Waals surface area contributed by atoms with Crippen molar-refractivity contribution in [2.45, 2.75) is 138 Å². The van der Waals surface area contributed by atoms with E-state index in [4.69, 9.17) is 0 Å². The smallest absolute Gasteiger partial charge is 0.0617 e. The van der Waals surface area contributed by atoms with E-state index >= 15 is 0 Å². The van der Waals surface area contributed by atoms with Crippen LogP contribution < -0.4 is 0 Å². The molecule has 0 rings (SSSR count). The van der Waals surface area contributed by atoms with Crippen LogP contribution in [0.25, 0.3) is 0 Å². The average molecular weight is 369 g/mol. The van der Waals surface area contributed by atoms with Crippen molar-refractivity contribution in [3.05, 3.63) is 0 Å². The third-order valence-corrected chi connectivity index (χ3v) is 6.53. The molecule has 0 fully saturated rings. The van der Waals surface area contributed by atoms with Crippen LogP contribution in [0, 0.1) is 23.2 Å².